The van der Waals surface area contributed by atoms with Crippen LogP contribution in [0, 0.1) is 12.9 Å². The van der Waals surface area contributed by atoms with E-state index in [4.69, 9.17) is 18.7 Å². The Kier molecular flexibility index (Phi) is 18.8. The summed E-state index contributed by atoms with van der Waals surface area (Å²) < 4.78 is 63.7. The summed E-state index contributed by atoms with van der Waals surface area (Å²) in [6, 6.07) is 11.8. The highest BCUT2D eigenvalue weighted by atomic mass is 32.1. The van der Waals surface area contributed by atoms with E-state index >= 15 is 0 Å². The van der Waals surface area contributed by atoms with Crippen molar-refractivity contribution in [2.75, 3.05) is 58.1 Å². The number of ether oxygens (including phenoxy) is 5. The van der Waals surface area contributed by atoms with E-state index in [9.17, 15) is 33.0 Å². The van der Waals surface area contributed by atoms with Gasteiger partial charge < -0.3 is 33.5 Å². The molecule has 18 nitrogen and oxygen atoms in total. The Morgan fingerprint density at radius 2 is 1.78 bits per heavy atom. The van der Waals surface area contributed by atoms with Gasteiger partial charge >= 0.3 is 19.8 Å². The van der Waals surface area contributed by atoms with E-state index < -0.39 is 38.4 Å². The van der Waals surface area contributed by atoms with Gasteiger partial charge in [-0.3, -0.25) is 32.9 Å². The van der Waals surface area contributed by atoms with E-state index in [-0.39, 0.29) is 71.8 Å². The maximum atomic E-state index is 14.9. The number of phosphoric acid groups is 1. The highest BCUT2D eigenvalue weighted by Crippen LogP contribution is 2.43. The SMILES string of the molecule is Cc1ccc2cc(/C=C/c3ccc(N(C)CCn4cc(COC(=O)CCCOCCOC(=O)CCCOP(=O)(O)OCC(COC=O)OC=O)nn4)nc3F)sc2c1. The first-order chi connectivity index (χ1) is 27.9. The number of rotatable bonds is 28. The molecule has 58 heavy (non-hydrogen) atoms. The smallest absolute Gasteiger partial charge is 0.464 e. The molecule has 0 radical (unpaired) electrons. The third-order valence-corrected chi connectivity index (χ3v) is 10.0. The number of phosphoric ester groups is 1. The van der Waals surface area contributed by atoms with Crippen LogP contribution in [0.4, 0.5) is 10.2 Å². The first-order valence-corrected chi connectivity index (χ1v) is 20.4. The van der Waals surface area contributed by atoms with Crippen LogP contribution in [0.2, 0.25) is 0 Å². The predicted molar refractivity (Wildman–Crippen MR) is 208 cm³/mol. The van der Waals surface area contributed by atoms with Crippen molar-refractivity contribution >= 4 is 72.1 Å². The summed E-state index contributed by atoms with van der Waals surface area (Å²) in [5.74, 6) is -1.13. The minimum atomic E-state index is -4.52. The molecule has 0 aliphatic heterocycles. The summed E-state index contributed by atoms with van der Waals surface area (Å²) in [5, 5.41) is 9.26. The van der Waals surface area contributed by atoms with Gasteiger partial charge in [0.2, 0.25) is 5.95 Å². The molecule has 0 amide bonds. The number of aryl methyl sites for hydroxylation is 1. The number of thiophene rings is 1. The number of carbonyl (C=O) groups is 4. The number of hydrogen-bond donors (Lipinski definition) is 1. The molecule has 3 aromatic heterocycles. The van der Waals surface area contributed by atoms with Crippen LogP contribution >= 0.6 is 19.2 Å². The molecule has 3 heterocycles. The van der Waals surface area contributed by atoms with Gasteiger partial charge in [-0.1, -0.05) is 17.3 Å². The van der Waals surface area contributed by atoms with Crippen molar-refractivity contribution < 1.29 is 65.8 Å². The fourth-order valence-electron chi connectivity index (χ4n) is 4.96. The zero-order valence-electron chi connectivity index (χ0n) is 31.9. The molecule has 1 N–H and O–H groups in total. The van der Waals surface area contributed by atoms with Crippen molar-refractivity contribution in [2.45, 2.75) is 51.9 Å². The van der Waals surface area contributed by atoms with Crippen LogP contribution in [0.25, 0.3) is 22.2 Å². The second-order valence-electron chi connectivity index (χ2n) is 12.5. The third kappa shape index (κ3) is 16.4. The number of hydrogen-bond acceptors (Lipinski definition) is 17. The number of aromatic nitrogens is 4. The number of likely N-dealkylation sites (N-methyl/N-ethyl adjacent to an activating group) is 1. The van der Waals surface area contributed by atoms with Gasteiger partial charge in [-0.2, -0.15) is 4.39 Å². The van der Waals surface area contributed by atoms with Gasteiger partial charge in [0.1, 0.15) is 31.3 Å². The average Bonchev–Trinajstić information content (AvgIpc) is 3.84. The van der Waals surface area contributed by atoms with E-state index in [2.05, 4.69) is 60.5 Å². The lowest BCUT2D eigenvalue weighted by atomic mass is 10.2. The normalized spacial score (nSPS) is 12.9. The number of carbonyl (C=O) groups excluding carboxylic acids is 4. The van der Waals surface area contributed by atoms with E-state index in [1.54, 1.807) is 52.4 Å². The molecular formula is C37H45FN5O13PS. The van der Waals surface area contributed by atoms with Gasteiger partial charge in [0, 0.05) is 48.2 Å². The molecular weight excluding hydrogens is 804 g/mol. The van der Waals surface area contributed by atoms with Crippen molar-refractivity contribution in [3.05, 3.63) is 70.2 Å². The lowest BCUT2D eigenvalue weighted by Gasteiger charge is -2.18. The van der Waals surface area contributed by atoms with Crippen LogP contribution in [0.15, 0.2) is 42.6 Å². The Balaban J connectivity index is 1.02. The number of pyridine rings is 1. The second kappa shape index (κ2) is 24.0. The molecule has 0 bridgehead atoms. The molecule has 4 rings (SSSR count). The van der Waals surface area contributed by atoms with Crippen molar-refractivity contribution in [2.24, 2.45) is 0 Å². The highest BCUT2D eigenvalue weighted by Gasteiger charge is 2.24. The molecule has 2 atom stereocenters. The highest BCUT2D eigenvalue weighted by molar-refractivity contribution is 7.47. The molecule has 0 aliphatic rings. The minimum Gasteiger partial charge on any atom is -0.464 e. The summed E-state index contributed by atoms with van der Waals surface area (Å²) in [4.78, 5) is 61.4. The minimum absolute atomic E-state index is 0.0381. The Labute approximate surface area is 337 Å². The van der Waals surface area contributed by atoms with Crippen molar-refractivity contribution in [1.82, 2.24) is 20.0 Å². The number of anilines is 1. The van der Waals surface area contributed by atoms with Crippen molar-refractivity contribution in [1.29, 1.82) is 0 Å². The Morgan fingerprint density at radius 1 is 0.983 bits per heavy atom. The van der Waals surface area contributed by atoms with Crippen LogP contribution in [0.1, 0.15) is 47.4 Å². The zero-order valence-corrected chi connectivity index (χ0v) is 33.6. The molecule has 0 spiro atoms. The Hall–Kier alpha value is -5.11. The maximum absolute atomic E-state index is 14.9. The Morgan fingerprint density at radius 3 is 2.55 bits per heavy atom. The predicted octanol–water partition coefficient (Wildman–Crippen LogP) is 4.65. The zero-order chi connectivity index (χ0) is 41.8. The molecule has 0 saturated carbocycles. The van der Waals surface area contributed by atoms with Gasteiger partial charge in [0.15, 0.2) is 6.10 Å². The third-order valence-electron chi connectivity index (χ3n) is 7.97. The number of esters is 2. The molecule has 1 aromatic carbocycles. The molecule has 0 aliphatic carbocycles. The first-order valence-electron chi connectivity index (χ1n) is 18.0. The fourth-order valence-corrected chi connectivity index (χ4v) is 6.82. The van der Waals surface area contributed by atoms with Crippen molar-refractivity contribution in [3.8, 4) is 0 Å². The topological polar surface area (TPSA) is 217 Å². The van der Waals surface area contributed by atoms with Crippen LogP contribution in [-0.2, 0) is 69.6 Å². The summed E-state index contributed by atoms with van der Waals surface area (Å²) in [7, 11) is -2.72. The monoisotopic (exact) mass is 849 g/mol. The van der Waals surface area contributed by atoms with Crippen molar-refractivity contribution in [3.63, 3.8) is 0 Å². The van der Waals surface area contributed by atoms with E-state index in [1.165, 1.54) is 10.3 Å². The maximum Gasteiger partial charge on any atom is 0.472 e. The van der Waals surface area contributed by atoms with Crippen LogP contribution < -0.4 is 4.90 Å². The molecule has 2 unspecified atom stereocenters. The number of halogens is 1. The van der Waals surface area contributed by atoms with Crippen LogP contribution in [0.3, 0.4) is 0 Å². The standard InChI is InChI=1S/C37H45FN5O13PS/c1-27-7-8-29-20-32(58-33(29)19-27)11-9-28-10-12-34(39-37(28)38)42(2)13-14-43-21-30(40-41-43)22-53-36(47)5-3-15-50-17-18-52-35(46)6-4-16-55-57(48,49)56-24-31(54-26-45)23-51-25-44/h7-12,19-21,25-26,31H,3-6,13-18,22-24H2,1-2H3,(H,48,49)/b11-9+. The number of fused-ring (bicyclic) bond motifs is 1. The molecule has 0 saturated heterocycles. The van der Waals surface area contributed by atoms with Gasteiger partial charge in [0.25, 0.3) is 12.9 Å². The van der Waals surface area contributed by atoms with Crippen LogP contribution in [-0.4, -0.2) is 109 Å². The lowest BCUT2D eigenvalue weighted by molar-refractivity contribution is -0.145. The summed E-state index contributed by atoms with van der Waals surface area (Å²) in [6.07, 6.45) is 4.58. The molecule has 4 aromatic rings. The lowest BCUT2D eigenvalue weighted by Crippen LogP contribution is -2.24. The van der Waals surface area contributed by atoms with Gasteiger partial charge in [-0.25, -0.2) is 9.55 Å². The molecule has 314 valence electrons. The molecule has 21 heteroatoms. The Bertz CT molecular complexity index is 2030. The fraction of sp³-hybridized carbons (Fsp3) is 0.432. The average molecular weight is 850 g/mol. The largest absolute Gasteiger partial charge is 0.472 e. The summed E-state index contributed by atoms with van der Waals surface area (Å²) in [5.41, 5.74) is 2.05. The van der Waals surface area contributed by atoms with Crippen LogP contribution in [0.5, 0.6) is 0 Å². The summed E-state index contributed by atoms with van der Waals surface area (Å²) in [6.45, 7) is 2.10. The molecule has 0 fully saturated rings. The van der Waals surface area contributed by atoms with Gasteiger partial charge in [0.05, 0.1) is 32.6 Å². The quantitative estimate of drug-likeness (QED) is 0.0205. The summed E-state index contributed by atoms with van der Waals surface area (Å²) >= 11 is 1.65. The van der Waals surface area contributed by atoms with E-state index in [0.29, 0.717) is 36.6 Å². The first kappa shape index (κ1) is 45.6. The van der Waals surface area contributed by atoms with Gasteiger partial charge in [-0.15, -0.1) is 16.4 Å². The number of benzene rings is 1. The van der Waals surface area contributed by atoms with E-state index in [1.807, 2.05) is 6.08 Å². The van der Waals surface area contributed by atoms with Gasteiger partial charge in [-0.05, 0) is 67.1 Å². The second-order valence-corrected chi connectivity index (χ2v) is 15.1. The number of nitrogens with zero attached hydrogens (tertiary/aromatic N) is 5. The van der Waals surface area contributed by atoms with E-state index in [0.717, 1.165) is 10.3 Å².